The molecular weight excluding hydrogens is 320 g/mol. The lowest BCUT2D eigenvalue weighted by Gasteiger charge is -2.34. The molecule has 0 bridgehead atoms. The van der Waals surface area contributed by atoms with Crippen molar-refractivity contribution in [3.05, 3.63) is 34.9 Å². The SMILES string of the molecule is COCCOCC(=O)N1CCN(C(=O)c2ccc(Cl)cc2)CC1. The topological polar surface area (TPSA) is 59.1 Å². The number of rotatable bonds is 6. The van der Waals surface area contributed by atoms with Gasteiger partial charge in [0.1, 0.15) is 6.61 Å². The van der Waals surface area contributed by atoms with Crippen molar-refractivity contribution < 1.29 is 19.1 Å². The van der Waals surface area contributed by atoms with E-state index in [0.717, 1.165) is 0 Å². The molecule has 1 aromatic rings. The molecule has 0 N–H and O–H groups in total. The second-order valence-corrected chi connectivity index (χ2v) is 5.66. The standard InChI is InChI=1S/C16H21ClN2O4/c1-22-10-11-23-12-15(20)18-6-8-19(9-7-18)16(21)13-2-4-14(17)5-3-13/h2-5H,6-12H2,1H3. The van der Waals surface area contributed by atoms with Crippen molar-refractivity contribution in [2.45, 2.75) is 0 Å². The number of hydrogen-bond acceptors (Lipinski definition) is 4. The van der Waals surface area contributed by atoms with E-state index in [-0.39, 0.29) is 18.4 Å². The molecule has 2 amide bonds. The van der Waals surface area contributed by atoms with Crippen LogP contribution in [0, 0.1) is 0 Å². The fourth-order valence-corrected chi connectivity index (χ4v) is 2.45. The van der Waals surface area contributed by atoms with Crippen LogP contribution in [0.1, 0.15) is 10.4 Å². The van der Waals surface area contributed by atoms with Gasteiger partial charge in [-0.15, -0.1) is 0 Å². The summed E-state index contributed by atoms with van der Waals surface area (Å²) in [6, 6.07) is 6.83. The van der Waals surface area contributed by atoms with Gasteiger partial charge in [-0.05, 0) is 24.3 Å². The number of nitrogens with zero attached hydrogens (tertiary/aromatic N) is 2. The van der Waals surface area contributed by atoms with Crippen LogP contribution in [0.2, 0.25) is 5.02 Å². The van der Waals surface area contributed by atoms with Crippen molar-refractivity contribution in [1.29, 1.82) is 0 Å². The van der Waals surface area contributed by atoms with Crippen LogP contribution in [0.4, 0.5) is 0 Å². The molecule has 0 unspecified atom stereocenters. The van der Waals surface area contributed by atoms with Gasteiger partial charge in [0.2, 0.25) is 5.91 Å². The zero-order valence-electron chi connectivity index (χ0n) is 13.2. The van der Waals surface area contributed by atoms with Crippen molar-refractivity contribution >= 4 is 23.4 Å². The largest absolute Gasteiger partial charge is 0.382 e. The molecule has 1 fully saturated rings. The lowest BCUT2D eigenvalue weighted by Crippen LogP contribution is -2.51. The maximum absolute atomic E-state index is 12.4. The minimum absolute atomic E-state index is 0.0369. The minimum Gasteiger partial charge on any atom is -0.382 e. The van der Waals surface area contributed by atoms with Gasteiger partial charge in [0.25, 0.3) is 5.91 Å². The van der Waals surface area contributed by atoms with E-state index < -0.39 is 0 Å². The van der Waals surface area contributed by atoms with Gasteiger partial charge in [0.15, 0.2) is 0 Å². The predicted octanol–water partition coefficient (Wildman–Crippen LogP) is 1.29. The molecule has 0 aromatic heterocycles. The normalized spacial score (nSPS) is 14.9. The summed E-state index contributed by atoms with van der Waals surface area (Å²) in [4.78, 5) is 27.8. The molecule has 1 saturated heterocycles. The zero-order chi connectivity index (χ0) is 16.7. The molecule has 1 aliphatic rings. The summed E-state index contributed by atoms with van der Waals surface area (Å²) in [5, 5.41) is 0.602. The van der Waals surface area contributed by atoms with Crippen molar-refractivity contribution in [3.63, 3.8) is 0 Å². The van der Waals surface area contributed by atoms with Crippen LogP contribution in [-0.4, -0.2) is 74.7 Å². The molecule has 2 rings (SSSR count). The molecule has 126 valence electrons. The number of hydrogen-bond donors (Lipinski definition) is 0. The highest BCUT2D eigenvalue weighted by atomic mass is 35.5. The molecule has 7 heteroatoms. The van der Waals surface area contributed by atoms with Gasteiger partial charge in [0, 0.05) is 43.9 Å². The molecule has 0 saturated carbocycles. The summed E-state index contributed by atoms with van der Waals surface area (Å²) >= 11 is 5.83. The lowest BCUT2D eigenvalue weighted by atomic mass is 10.2. The molecule has 0 atom stereocenters. The van der Waals surface area contributed by atoms with E-state index in [9.17, 15) is 9.59 Å². The lowest BCUT2D eigenvalue weighted by molar-refractivity contribution is -0.138. The van der Waals surface area contributed by atoms with Crippen LogP contribution in [0.15, 0.2) is 24.3 Å². The maximum Gasteiger partial charge on any atom is 0.253 e. The summed E-state index contributed by atoms with van der Waals surface area (Å²) in [7, 11) is 1.59. The maximum atomic E-state index is 12.4. The van der Waals surface area contributed by atoms with Gasteiger partial charge in [-0.3, -0.25) is 9.59 Å². The van der Waals surface area contributed by atoms with E-state index >= 15 is 0 Å². The van der Waals surface area contributed by atoms with E-state index in [0.29, 0.717) is 50.0 Å². The van der Waals surface area contributed by atoms with Crippen LogP contribution < -0.4 is 0 Å². The van der Waals surface area contributed by atoms with Gasteiger partial charge in [0.05, 0.1) is 13.2 Å². The van der Waals surface area contributed by atoms with Crippen molar-refractivity contribution in [3.8, 4) is 0 Å². The fourth-order valence-electron chi connectivity index (χ4n) is 2.33. The molecule has 23 heavy (non-hydrogen) atoms. The minimum atomic E-state index is -0.0558. The first-order valence-electron chi connectivity index (χ1n) is 7.51. The molecular formula is C16H21ClN2O4. The number of amides is 2. The number of ether oxygens (including phenoxy) is 2. The highest BCUT2D eigenvalue weighted by molar-refractivity contribution is 6.30. The molecule has 0 spiro atoms. The zero-order valence-corrected chi connectivity index (χ0v) is 13.9. The van der Waals surface area contributed by atoms with Crippen LogP contribution >= 0.6 is 11.6 Å². The Balaban J connectivity index is 1.78. The Labute approximate surface area is 140 Å². The van der Waals surface area contributed by atoms with Gasteiger partial charge in [-0.1, -0.05) is 11.6 Å². The molecule has 1 aromatic carbocycles. The highest BCUT2D eigenvalue weighted by Gasteiger charge is 2.24. The van der Waals surface area contributed by atoms with Crippen molar-refractivity contribution in [1.82, 2.24) is 9.80 Å². The Bertz CT molecular complexity index is 527. The monoisotopic (exact) mass is 340 g/mol. The number of carbonyl (C=O) groups is 2. The van der Waals surface area contributed by atoms with Gasteiger partial charge in [-0.25, -0.2) is 0 Å². The van der Waals surface area contributed by atoms with E-state index in [1.54, 1.807) is 41.2 Å². The second kappa shape index (κ2) is 8.86. The predicted molar refractivity (Wildman–Crippen MR) is 86.6 cm³/mol. The van der Waals surface area contributed by atoms with Crippen LogP contribution in [0.5, 0.6) is 0 Å². The quantitative estimate of drug-likeness (QED) is 0.732. The van der Waals surface area contributed by atoms with Gasteiger partial charge in [-0.2, -0.15) is 0 Å². The van der Waals surface area contributed by atoms with E-state index in [4.69, 9.17) is 21.1 Å². The van der Waals surface area contributed by atoms with Crippen LogP contribution in [0.3, 0.4) is 0 Å². The number of carbonyl (C=O) groups excluding carboxylic acids is 2. The van der Waals surface area contributed by atoms with E-state index in [2.05, 4.69) is 0 Å². The van der Waals surface area contributed by atoms with Crippen LogP contribution in [-0.2, 0) is 14.3 Å². The smallest absolute Gasteiger partial charge is 0.253 e. The molecule has 1 aliphatic heterocycles. The number of methoxy groups -OCH3 is 1. The first kappa shape index (κ1) is 17.7. The first-order valence-corrected chi connectivity index (χ1v) is 7.89. The molecule has 0 aliphatic carbocycles. The van der Waals surface area contributed by atoms with Gasteiger partial charge < -0.3 is 19.3 Å². The third kappa shape index (κ3) is 5.20. The highest BCUT2D eigenvalue weighted by Crippen LogP contribution is 2.13. The number of halogens is 1. The Morgan fingerprint density at radius 1 is 1.04 bits per heavy atom. The Morgan fingerprint density at radius 2 is 1.65 bits per heavy atom. The fraction of sp³-hybridized carbons (Fsp3) is 0.500. The summed E-state index contributed by atoms with van der Waals surface area (Å²) in [6.07, 6.45) is 0. The average Bonchev–Trinajstić information content (AvgIpc) is 2.59. The number of piperazine rings is 1. The first-order chi connectivity index (χ1) is 11.1. The van der Waals surface area contributed by atoms with Crippen LogP contribution in [0.25, 0.3) is 0 Å². The Morgan fingerprint density at radius 3 is 2.26 bits per heavy atom. The number of benzene rings is 1. The Kier molecular flexibility index (Phi) is 6.83. The summed E-state index contributed by atoms with van der Waals surface area (Å²) < 4.78 is 10.1. The summed E-state index contributed by atoms with van der Waals surface area (Å²) in [5.74, 6) is -0.0928. The van der Waals surface area contributed by atoms with Crippen molar-refractivity contribution in [2.24, 2.45) is 0 Å². The molecule has 0 radical (unpaired) electrons. The van der Waals surface area contributed by atoms with E-state index in [1.165, 1.54) is 0 Å². The third-order valence-electron chi connectivity index (χ3n) is 3.67. The molecule has 1 heterocycles. The second-order valence-electron chi connectivity index (χ2n) is 5.23. The Hall–Kier alpha value is -1.63. The average molecular weight is 341 g/mol. The van der Waals surface area contributed by atoms with Gasteiger partial charge >= 0.3 is 0 Å². The summed E-state index contributed by atoms with van der Waals surface area (Å²) in [6.45, 7) is 3.00. The third-order valence-corrected chi connectivity index (χ3v) is 3.92. The molecule has 6 nitrogen and oxygen atoms in total. The summed E-state index contributed by atoms with van der Waals surface area (Å²) in [5.41, 5.74) is 0.608. The van der Waals surface area contributed by atoms with Crippen molar-refractivity contribution in [2.75, 3.05) is 53.1 Å². The van der Waals surface area contributed by atoms with E-state index in [1.807, 2.05) is 0 Å².